The third-order valence-electron chi connectivity index (χ3n) is 4.05. The molecule has 3 rings (SSSR count). The Labute approximate surface area is 118 Å². The first-order valence-electron chi connectivity index (χ1n) is 7.16. The fraction of sp³-hybridized carbons (Fsp3) is 0.375. The number of carbonyl (C=O) groups is 1. The minimum atomic E-state index is 0.159. The van der Waals surface area contributed by atoms with E-state index < -0.39 is 0 Å². The van der Waals surface area contributed by atoms with E-state index in [1.165, 1.54) is 0 Å². The molecule has 0 saturated carbocycles. The molecule has 4 heteroatoms. The lowest BCUT2D eigenvalue weighted by atomic mass is 10.0. The second kappa shape index (κ2) is 5.12. The summed E-state index contributed by atoms with van der Waals surface area (Å²) in [7, 11) is 0. The average molecular weight is 269 g/mol. The van der Waals surface area contributed by atoms with Crippen LogP contribution in [-0.2, 0) is 0 Å². The molecule has 2 heterocycles. The quantitative estimate of drug-likeness (QED) is 0.924. The van der Waals surface area contributed by atoms with Crippen LogP contribution in [0, 0.1) is 0 Å². The number of benzene rings is 1. The highest BCUT2D eigenvalue weighted by molar-refractivity contribution is 6.00. The summed E-state index contributed by atoms with van der Waals surface area (Å²) in [5, 5.41) is 6.77. The number of nitrogens with one attached hydrogen (secondary N) is 1. The van der Waals surface area contributed by atoms with Crippen LogP contribution >= 0.6 is 0 Å². The van der Waals surface area contributed by atoms with E-state index in [4.69, 9.17) is 0 Å². The van der Waals surface area contributed by atoms with Crippen LogP contribution in [0.25, 0.3) is 11.1 Å². The second-order valence-electron chi connectivity index (χ2n) is 5.32. The highest BCUT2D eigenvalue weighted by Gasteiger charge is 2.33. The largest absolute Gasteiger partial charge is 0.332 e. The molecule has 0 aliphatic carbocycles. The van der Waals surface area contributed by atoms with Crippen molar-refractivity contribution in [2.75, 3.05) is 6.54 Å². The Morgan fingerprint density at radius 2 is 2.20 bits per heavy atom. The van der Waals surface area contributed by atoms with Gasteiger partial charge >= 0.3 is 0 Å². The van der Waals surface area contributed by atoms with Gasteiger partial charge in [-0.1, -0.05) is 25.5 Å². The monoisotopic (exact) mass is 269 g/mol. The molecule has 0 radical (unpaired) electrons. The summed E-state index contributed by atoms with van der Waals surface area (Å²) in [6.07, 6.45) is 5.78. The van der Waals surface area contributed by atoms with Crippen LogP contribution in [0.5, 0.6) is 0 Å². The molecule has 1 aliphatic heterocycles. The van der Waals surface area contributed by atoms with Crippen molar-refractivity contribution < 1.29 is 4.79 Å². The topological polar surface area (TPSA) is 49.0 Å². The van der Waals surface area contributed by atoms with E-state index in [1.54, 1.807) is 6.20 Å². The minimum absolute atomic E-state index is 0.159. The molecule has 1 aromatic heterocycles. The molecule has 1 unspecified atom stereocenters. The molecule has 1 atom stereocenters. The summed E-state index contributed by atoms with van der Waals surface area (Å²) in [6, 6.07) is 6.32. The summed E-state index contributed by atoms with van der Waals surface area (Å²) < 4.78 is 0. The van der Waals surface area contributed by atoms with Crippen molar-refractivity contribution in [2.45, 2.75) is 32.7 Å². The number of hydrogen-bond acceptors (Lipinski definition) is 2. The number of rotatable bonds is 4. The fourth-order valence-electron chi connectivity index (χ4n) is 2.82. The molecule has 0 spiro atoms. The lowest BCUT2D eigenvalue weighted by molar-refractivity contribution is 0.0735. The van der Waals surface area contributed by atoms with Crippen molar-refractivity contribution in [3.63, 3.8) is 0 Å². The maximum absolute atomic E-state index is 12.5. The lowest BCUT2D eigenvalue weighted by Crippen LogP contribution is -2.27. The summed E-state index contributed by atoms with van der Waals surface area (Å²) in [4.78, 5) is 14.5. The van der Waals surface area contributed by atoms with Gasteiger partial charge in [0.05, 0.1) is 12.2 Å². The fourth-order valence-corrected chi connectivity index (χ4v) is 2.82. The number of aromatic amines is 1. The van der Waals surface area contributed by atoms with Gasteiger partial charge in [0.15, 0.2) is 0 Å². The minimum Gasteiger partial charge on any atom is -0.332 e. The Hall–Kier alpha value is -2.10. The number of aromatic nitrogens is 2. The van der Waals surface area contributed by atoms with Gasteiger partial charge in [0, 0.05) is 23.9 Å². The van der Waals surface area contributed by atoms with E-state index in [0.717, 1.165) is 41.6 Å². The van der Waals surface area contributed by atoms with Crippen molar-refractivity contribution in [2.24, 2.45) is 0 Å². The molecule has 104 valence electrons. The Bertz CT molecular complexity index is 619. The van der Waals surface area contributed by atoms with Crippen LogP contribution in [0.1, 0.15) is 48.7 Å². The summed E-state index contributed by atoms with van der Waals surface area (Å²) in [6.45, 7) is 5.10. The van der Waals surface area contributed by atoms with E-state index in [-0.39, 0.29) is 11.9 Å². The number of amides is 1. The van der Waals surface area contributed by atoms with E-state index in [1.807, 2.05) is 17.2 Å². The van der Waals surface area contributed by atoms with Gasteiger partial charge < -0.3 is 4.90 Å². The standard InChI is InChI=1S/C16H19N3O/c1-3-4-7-19-11(2)14-6-5-12(8-15(14)16(19)20)13-9-17-18-10-13/h5-6,8-11H,3-4,7H2,1-2H3,(H,17,18). The molecule has 1 N–H and O–H groups in total. The molecule has 4 nitrogen and oxygen atoms in total. The molecule has 1 aliphatic rings. The van der Waals surface area contributed by atoms with Crippen molar-refractivity contribution in [3.8, 4) is 11.1 Å². The maximum Gasteiger partial charge on any atom is 0.254 e. The maximum atomic E-state index is 12.5. The number of H-pyrrole nitrogens is 1. The van der Waals surface area contributed by atoms with E-state index in [0.29, 0.717) is 0 Å². The second-order valence-corrected chi connectivity index (χ2v) is 5.32. The van der Waals surface area contributed by atoms with Crippen molar-refractivity contribution in [3.05, 3.63) is 41.7 Å². The van der Waals surface area contributed by atoms with Gasteiger partial charge in [0.25, 0.3) is 5.91 Å². The third-order valence-corrected chi connectivity index (χ3v) is 4.05. The molecule has 0 saturated heterocycles. The van der Waals surface area contributed by atoms with Gasteiger partial charge in [-0.3, -0.25) is 9.89 Å². The van der Waals surface area contributed by atoms with Gasteiger partial charge in [-0.25, -0.2) is 0 Å². The normalized spacial score (nSPS) is 17.6. The van der Waals surface area contributed by atoms with E-state index in [9.17, 15) is 4.79 Å². The number of carbonyl (C=O) groups excluding carboxylic acids is 1. The van der Waals surface area contributed by atoms with Crippen LogP contribution in [0.4, 0.5) is 0 Å². The summed E-state index contributed by atoms with van der Waals surface area (Å²) in [5.74, 6) is 0.159. The highest BCUT2D eigenvalue weighted by atomic mass is 16.2. The number of unbranched alkanes of at least 4 members (excludes halogenated alkanes) is 1. The number of nitrogens with zero attached hydrogens (tertiary/aromatic N) is 2. The highest BCUT2D eigenvalue weighted by Crippen LogP contribution is 2.35. The Kier molecular flexibility index (Phi) is 3.30. The number of hydrogen-bond donors (Lipinski definition) is 1. The van der Waals surface area contributed by atoms with Crippen molar-refractivity contribution in [1.82, 2.24) is 15.1 Å². The molecule has 20 heavy (non-hydrogen) atoms. The smallest absolute Gasteiger partial charge is 0.254 e. The predicted octanol–water partition coefficient (Wildman–Crippen LogP) is 3.39. The Balaban J connectivity index is 1.94. The zero-order chi connectivity index (χ0) is 14.1. The van der Waals surface area contributed by atoms with Gasteiger partial charge in [-0.2, -0.15) is 5.10 Å². The molecule has 1 amide bonds. The first-order valence-corrected chi connectivity index (χ1v) is 7.16. The van der Waals surface area contributed by atoms with Crippen molar-refractivity contribution in [1.29, 1.82) is 0 Å². The van der Waals surface area contributed by atoms with Gasteiger partial charge in [0.2, 0.25) is 0 Å². The van der Waals surface area contributed by atoms with Gasteiger partial charge in [0.1, 0.15) is 0 Å². The number of fused-ring (bicyclic) bond motifs is 1. The molecular formula is C16H19N3O. The summed E-state index contributed by atoms with van der Waals surface area (Å²) >= 11 is 0. The average Bonchev–Trinajstić information content (AvgIpc) is 3.07. The van der Waals surface area contributed by atoms with Crippen LogP contribution in [0.15, 0.2) is 30.6 Å². The Morgan fingerprint density at radius 1 is 1.35 bits per heavy atom. The zero-order valence-corrected chi connectivity index (χ0v) is 11.9. The zero-order valence-electron chi connectivity index (χ0n) is 11.9. The summed E-state index contributed by atoms with van der Waals surface area (Å²) in [5.41, 5.74) is 4.03. The van der Waals surface area contributed by atoms with E-state index >= 15 is 0 Å². The van der Waals surface area contributed by atoms with Crippen LogP contribution in [0.2, 0.25) is 0 Å². The van der Waals surface area contributed by atoms with Gasteiger partial charge in [-0.15, -0.1) is 0 Å². The SMILES string of the molecule is CCCCN1C(=O)c2cc(-c3cn[nH]c3)ccc2C1C. The van der Waals surface area contributed by atoms with Gasteiger partial charge in [-0.05, 0) is 30.5 Å². The molecule has 1 aromatic carbocycles. The predicted molar refractivity (Wildman–Crippen MR) is 78.4 cm³/mol. The molecular weight excluding hydrogens is 250 g/mol. The molecule has 2 aromatic rings. The molecule has 0 bridgehead atoms. The van der Waals surface area contributed by atoms with Crippen molar-refractivity contribution >= 4 is 5.91 Å². The first kappa shape index (κ1) is 12.9. The lowest BCUT2D eigenvalue weighted by Gasteiger charge is -2.21. The van der Waals surface area contributed by atoms with E-state index in [2.05, 4.69) is 36.2 Å². The van der Waals surface area contributed by atoms with Crippen LogP contribution in [-0.4, -0.2) is 27.5 Å². The Morgan fingerprint density at radius 3 is 2.90 bits per heavy atom. The third kappa shape index (κ3) is 2.01. The van der Waals surface area contributed by atoms with Crippen LogP contribution in [0.3, 0.4) is 0 Å². The first-order chi connectivity index (χ1) is 9.72. The molecule has 0 fully saturated rings. The van der Waals surface area contributed by atoms with Crippen LogP contribution < -0.4 is 0 Å².